The molecule has 1 aromatic heterocycles. The highest BCUT2D eigenvalue weighted by atomic mass is 16.6. The van der Waals surface area contributed by atoms with Crippen LogP contribution in [0.25, 0.3) is 0 Å². The molecule has 2 heterocycles. The number of alkyl carbamates (subject to hydrolysis) is 1. The number of pyridine rings is 1. The van der Waals surface area contributed by atoms with Gasteiger partial charge in [0.25, 0.3) is 0 Å². The van der Waals surface area contributed by atoms with Crippen molar-refractivity contribution in [2.75, 3.05) is 39.6 Å². The van der Waals surface area contributed by atoms with Gasteiger partial charge in [-0.3, -0.25) is 0 Å². The summed E-state index contributed by atoms with van der Waals surface area (Å²) >= 11 is 0. The van der Waals surface area contributed by atoms with E-state index in [4.69, 9.17) is 33.4 Å². The molecule has 0 aliphatic carbocycles. The number of rotatable bonds is 12. The molecule has 1 fully saturated rings. The highest BCUT2D eigenvalue weighted by Gasteiger charge is 2.18. The molecule has 9 nitrogen and oxygen atoms in total. The molecule has 1 amide bonds. The maximum atomic E-state index is 11.7. The molecule has 0 bridgehead atoms. The Morgan fingerprint density at radius 1 is 1.02 bits per heavy atom. The third-order valence-electron chi connectivity index (χ3n) is 6.39. The average molecular weight is 603 g/mol. The quantitative estimate of drug-likeness (QED) is 0.208. The molecule has 0 radical (unpaired) electrons. The van der Waals surface area contributed by atoms with Gasteiger partial charge in [-0.05, 0) is 69.4 Å². The van der Waals surface area contributed by atoms with Crippen molar-refractivity contribution >= 4 is 6.09 Å². The Bertz CT molecular complexity index is 1390. The van der Waals surface area contributed by atoms with Crippen LogP contribution in [0.1, 0.15) is 56.5 Å². The largest absolute Gasteiger partial charge is 0.494 e. The highest BCUT2D eigenvalue weighted by Crippen LogP contribution is 2.28. The summed E-state index contributed by atoms with van der Waals surface area (Å²) in [4.78, 5) is 16.5. The summed E-state index contributed by atoms with van der Waals surface area (Å²) in [5.74, 6) is 8.29. The van der Waals surface area contributed by atoms with Crippen molar-refractivity contribution in [3.63, 3.8) is 0 Å². The Labute approximate surface area is 260 Å². The summed E-state index contributed by atoms with van der Waals surface area (Å²) in [6, 6.07) is 19.4. The first-order chi connectivity index (χ1) is 21.3. The summed E-state index contributed by atoms with van der Waals surface area (Å²) < 4.78 is 34.5. The van der Waals surface area contributed by atoms with E-state index in [1.54, 1.807) is 0 Å². The van der Waals surface area contributed by atoms with E-state index >= 15 is 0 Å². The van der Waals surface area contributed by atoms with E-state index in [9.17, 15) is 4.79 Å². The number of ether oxygens (including phenoxy) is 6. The van der Waals surface area contributed by atoms with Gasteiger partial charge in [-0.15, -0.1) is 0 Å². The average Bonchev–Trinajstić information content (AvgIpc) is 3.02. The first-order valence-electron chi connectivity index (χ1n) is 15.0. The normalized spacial score (nSPS) is 14.6. The zero-order valence-electron chi connectivity index (χ0n) is 26.0. The molecule has 234 valence electrons. The molecule has 0 saturated carbocycles. The van der Waals surface area contributed by atoms with Crippen molar-refractivity contribution in [3.05, 3.63) is 83.0 Å². The molecular formula is C35H42N2O7. The smallest absolute Gasteiger partial charge is 0.407 e. The van der Waals surface area contributed by atoms with Gasteiger partial charge < -0.3 is 33.7 Å². The van der Waals surface area contributed by atoms with Gasteiger partial charge in [0, 0.05) is 23.7 Å². The van der Waals surface area contributed by atoms with Crippen molar-refractivity contribution in [2.45, 2.75) is 58.8 Å². The van der Waals surface area contributed by atoms with E-state index < -0.39 is 11.7 Å². The van der Waals surface area contributed by atoms with Gasteiger partial charge in [0.1, 0.15) is 42.1 Å². The van der Waals surface area contributed by atoms with E-state index in [1.165, 1.54) is 0 Å². The molecule has 1 saturated heterocycles. The Kier molecular flexibility index (Phi) is 12.3. The summed E-state index contributed by atoms with van der Waals surface area (Å²) in [6.45, 7) is 10.8. The van der Waals surface area contributed by atoms with Gasteiger partial charge in [-0.1, -0.05) is 43.2 Å². The second-order valence-electron chi connectivity index (χ2n) is 11.2. The van der Waals surface area contributed by atoms with E-state index in [1.807, 2.05) is 81.4 Å². The van der Waals surface area contributed by atoms with Crippen LogP contribution in [-0.4, -0.2) is 62.4 Å². The van der Waals surface area contributed by atoms with Gasteiger partial charge in [-0.2, -0.15) is 0 Å². The highest BCUT2D eigenvalue weighted by molar-refractivity contribution is 5.67. The second-order valence-corrected chi connectivity index (χ2v) is 11.2. The van der Waals surface area contributed by atoms with E-state index in [0.29, 0.717) is 76.4 Å². The minimum atomic E-state index is -0.520. The van der Waals surface area contributed by atoms with Crippen molar-refractivity contribution in [3.8, 4) is 29.2 Å². The first-order valence-corrected chi connectivity index (χ1v) is 15.0. The van der Waals surface area contributed by atoms with E-state index in [2.05, 4.69) is 24.1 Å². The maximum absolute atomic E-state index is 11.7. The van der Waals surface area contributed by atoms with Crippen LogP contribution in [0, 0.1) is 11.8 Å². The van der Waals surface area contributed by atoms with Crippen LogP contribution in [-0.2, 0) is 27.2 Å². The van der Waals surface area contributed by atoms with Gasteiger partial charge in [-0.25, -0.2) is 9.78 Å². The fourth-order valence-electron chi connectivity index (χ4n) is 4.25. The number of hydrogen-bond acceptors (Lipinski definition) is 8. The molecule has 1 N–H and O–H groups in total. The molecule has 9 heteroatoms. The van der Waals surface area contributed by atoms with E-state index in [0.717, 1.165) is 22.4 Å². The maximum Gasteiger partial charge on any atom is 0.407 e. The van der Waals surface area contributed by atoms with Crippen LogP contribution >= 0.6 is 0 Å². The summed E-state index contributed by atoms with van der Waals surface area (Å²) in [5, 5.41) is 2.73. The summed E-state index contributed by atoms with van der Waals surface area (Å²) in [5.41, 5.74) is 2.88. The third kappa shape index (κ3) is 11.1. The molecule has 1 aliphatic heterocycles. The lowest BCUT2D eigenvalue weighted by Gasteiger charge is -2.23. The summed E-state index contributed by atoms with van der Waals surface area (Å²) in [7, 11) is 0. The SMILES string of the molecule is CCc1c(OCc2ccccc2)cc(OCC2COCCO2)nc1C#Cc1ccc(OCCCNC(=O)OC(C)(C)C)cc1. The fraction of sp³-hybridized carbons (Fsp3) is 0.429. The van der Waals surface area contributed by atoms with Gasteiger partial charge in [0.15, 0.2) is 0 Å². The van der Waals surface area contributed by atoms with E-state index in [-0.39, 0.29) is 6.10 Å². The minimum absolute atomic E-state index is 0.151. The molecular weight excluding hydrogens is 560 g/mol. The lowest BCUT2D eigenvalue weighted by molar-refractivity contribution is -0.102. The second kappa shape index (κ2) is 16.6. The predicted molar refractivity (Wildman–Crippen MR) is 167 cm³/mol. The topological polar surface area (TPSA) is 97.4 Å². The number of aromatic nitrogens is 1. The molecule has 3 aromatic rings. The van der Waals surface area contributed by atoms with Crippen molar-refractivity contribution in [1.29, 1.82) is 0 Å². The van der Waals surface area contributed by atoms with Crippen LogP contribution in [0.4, 0.5) is 4.79 Å². The molecule has 2 aromatic carbocycles. The lowest BCUT2D eigenvalue weighted by Crippen LogP contribution is -2.33. The minimum Gasteiger partial charge on any atom is -0.494 e. The van der Waals surface area contributed by atoms with Crippen LogP contribution in [0.2, 0.25) is 0 Å². The molecule has 0 spiro atoms. The molecule has 1 aliphatic rings. The van der Waals surface area contributed by atoms with Crippen LogP contribution in [0.5, 0.6) is 17.4 Å². The van der Waals surface area contributed by atoms with Crippen molar-refractivity contribution in [2.24, 2.45) is 0 Å². The Morgan fingerprint density at radius 2 is 1.82 bits per heavy atom. The van der Waals surface area contributed by atoms with Gasteiger partial charge in [0.05, 0.1) is 26.4 Å². The number of carbonyl (C=O) groups is 1. The molecule has 1 atom stereocenters. The number of carbonyl (C=O) groups excluding carboxylic acids is 1. The number of nitrogens with zero attached hydrogens (tertiary/aromatic N) is 1. The van der Waals surface area contributed by atoms with Crippen molar-refractivity contribution in [1.82, 2.24) is 10.3 Å². The summed E-state index contributed by atoms with van der Waals surface area (Å²) in [6.07, 6.45) is 0.762. The molecule has 1 unspecified atom stereocenters. The number of hydrogen-bond donors (Lipinski definition) is 1. The van der Waals surface area contributed by atoms with Crippen molar-refractivity contribution < 1.29 is 33.2 Å². The van der Waals surface area contributed by atoms with Crippen LogP contribution in [0.3, 0.4) is 0 Å². The standard InChI is InChI=1S/C35H42N2O7/c1-5-30-31(17-14-26-12-15-28(16-13-26)40-19-9-18-36-34(38)44-35(2,3)4)37-33(43-25-29-24-39-20-21-41-29)22-32(30)42-23-27-10-7-6-8-11-27/h6-8,10-13,15-16,22,29H,5,9,18-21,23-25H2,1-4H3,(H,36,38). The Balaban J connectivity index is 1.40. The number of amides is 1. The lowest BCUT2D eigenvalue weighted by atomic mass is 10.1. The third-order valence-corrected chi connectivity index (χ3v) is 6.39. The zero-order valence-corrected chi connectivity index (χ0v) is 26.0. The predicted octanol–water partition coefficient (Wildman–Crippen LogP) is 5.71. The number of nitrogens with one attached hydrogen (secondary N) is 1. The number of benzene rings is 2. The van der Waals surface area contributed by atoms with Gasteiger partial charge >= 0.3 is 6.09 Å². The zero-order chi connectivity index (χ0) is 31.2. The van der Waals surface area contributed by atoms with Crippen LogP contribution < -0.4 is 19.5 Å². The van der Waals surface area contributed by atoms with Crippen LogP contribution in [0.15, 0.2) is 60.7 Å². The monoisotopic (exact) mass is 602 g/mol. The Morgan fingerprint density at radius 3 is 2.52 bits per heavy atom. The molecule has 44 heavy (non-hydrogen) atoms. The van der Waals surface area contributed by atoms with Gasteiger partial charge in [0.2, 0.25) is 5.88 Å². The fourth-order valence-corrected chi connectivity index (χ4v) is 4.25. The molecule has 4 rings (SSSR count). The first kappa shape index (κ1) is 32.6. The Hall–Kier alpha value is -4.26.